The standard InChI is InChI=1S/C18H15Cl2N3OS/c19-13-6-7-15(20)16(12-13)22-17(24)8-11-25-18-21-9-10-23(18)14-4-2-1-3-5-14/h1-7,9-10,12H,8,11H2,(H,22,24). The Morgan fingerprint density at radius 2 is 1.96 bits per heavy atom. The number of benzene rings is 2. The van der Waals surface area contributed by atoms with Crippen LogP contribution < -0.4 is 5.32 Å². The Labute approximate surface area is 160 Å². The van der Waals surface area contributed by atoms with Crippen LogP contribution in [-0.2, 0) is 4.79 Å². The summed E-state index contributed by atoms with van der Waals surface area (Å²) in [5.74, 6) is 0.489. The SMILES string of the molecule is O=C(CCSc1nccn1-c1ccccc1)Nc1cc(Cl)ccc1Cl. The lowest BCUT2D eigenvalue weighted by atomic mass is 10.3. The van der Waals surface area contributed by atoms with E-state index in [0.717, 1.165) is 10.8 Å². The molecule has 0 aliphatic carbocycles. The number of hydrogen-bond acceptors (Lipinski definition) is 3. The van der Waals surface area contributed by atoms with Gasteiger partial charge >= 0.3 is 0 Å². The van der Waals surface area contributed by atoms with Gasteiger partial charge in [0.15, 0.2) is 5.16 Å². The van der Waals surface area contributed by atoms with Crippen LogP contribution in [0.25, 0.3) is 5.69 Å². The minimum absolute atomic E-state index is 0.116. The zero-order valence-electron chi connectivity index (χ0n) is 13.2. The second kappa shape index (κ2) is 8.43. The van der Waals surface area contributed by atoms with Crippen molar-refractivity contribution in [2.75, 3.05) is 11.1 Å². The van der Waals surface area contributed by atoms with E-state index in [1.165, 1.54) is 11.8 Å². The van der Waals surface area contributed by atoms with Crippen molar-refractivity contribution in [2.24, 2.45) is 0 Å². The normalized spacial score (nSPS) is 10.6. The van der Waals surface area contributed by atoms with E-state index in [4.69, 9.17) is 23.2 Å². The van der Waals surface area contributed by atoms with Gasteiger partial charge in [0.05, 0.1) is 10.7 Å². The van der Waals surface area contributed by atoms with Gasteiger partial charge in [0.25, 0.3) is 0 Å². The number of carbonyl (C=O) groups is 1. The Balaban J connectivity index is 1.56. The topological polar surface area (TPSA) is 46.9 Å². The predicted octanol–water partition coefficient (Wildman–Crippen LogP) is 5.30. The summed E-state index contributed by atoms with van der Waals surface area (Å²) in [6.07, 6.45) is 4.00. The van der Waals surface area contributed by atoms with Crippen LogP contribution in [0.1, 0.15) is 6.42 Å². The number of imidazole rings is 1. The Hall–Kier alpha value is -1.95. The second-order valence-corrected chi connectivity index (χ2v) is 7.09. The summed E-state index contributed by atoms with van der Waals surface area (Å²) in [4.78, 5) is 16.5. The van der Waals surface area contributed by atoms with Crippen LogP contribution >= 0.6 is 35.0 Å². The maximum absolute atomic E-state index is 12.1. The van der Waals surface area contributed by atoms with E-state index in [0.29, 0.717) is 27.9 Å². The van der Waals surface area contributed by atoms with Crippen molar-refractivity contribution in [3.8, 4) is 5.69 Å². The third kappa shape index (κ3) is 4.78. The fourth-order valence-corrected chi connectivity index (χ4v) is 3.47. The van der Waals surface area contributed by atoms with E-state index in [9.17, 15) is 4.79 Å². The van der Waals surface area contributed by atoms with Crippen LogP contribution in [0.5, 0.6) is 0 Å². The number of rotatable bonds is 6. The average molecular weight is 392 g/mol. The van der Waals surface area contributed by atoms with Crippen LogP contribution in [-0.4, -0.2) is 21.2 Å². The van der Waals surface area contributed by atoms with E-state index >= 15 is 0 Å². The van der Waals surface area contributed by atoms with Gasteiger partial charge in [-0.05, 0) is 30.3 Å². The maximum Gasteiger partial charge on any atom is 0.225 e. The van der Waals surface area contributed by atoms with E-state index in [2.05, 4.69) is 10.3 Å². The average Bonchev–Trinajstić information content (AvgIpc) is 3.07. The van der Waals surface area contributed by atoms with Gasteiger partial charge in [-0.25, -0.2) is 4.98 Å². The lowest BCUT2D eigenvalue weighted by Gasteiger charge is -2.09. The number of halogens is 2. The molecule has 0 aliphatic heterocycles. The van der Waals surface area contributed by atoms with Gasteiger partial charge < -0.3 is 5.32 Å². The number of nitrogens with one attached hydrogen (secondary N) is 1. The molecular formula is C18H15Cl2N3OS. The van der Waals surface area contributed by atoms with Crippen LogP contribution in [0.4, 0.5) is 5.69 Å². The van der Waals surface area contributed by atoms with Gasteiger partial charge in [-0.3, -0.25) is 9.36 Å². The highest BCUT2D eigenvalue weighted by Crippen LogP contribution is 2.26. The number of thioether (sulfide) groups is 1. The van der Waals surface area contributed by atoms with E-state index in [1.54, 1.807) is 24.4 Å². The molecule has 1 N–H and O–H groups in total. The molecule has 3 rings (SSSR count). The molecule has 1 aromatic heterocycles. The highest BCUT2D eigenvalue weighted by atomic mass is 35.5. The van der Waals surface area contributed by atoms with Gasteiger partial charge in [0, 0.05) is 35.3 Å². The van der Waals surface area contributed by atoms with E-state index in [-0.39, 0.29) is 5.91 Å². The molecule has 1 heterocycles. The Morgan fingerprint density at radius 3 is 2.76 bits per heavy atom. The first kappa shape index (κ1) is 17.9. The summed E-state index contributed by atoms with van der Waals surface area (Å²) < 4.78 is 2.00. The van der Waals surface area contributed by atoms with Gasteiger partial charge in [-0.2, -0.15) is 0 Å². The van der Waals surface area contributed by atoms with Crippen LogP contribution in [0.3, 0.4) is 0 Å². The first-order valence-corrected chi connectivity index (χ1v) is 9.34. The lowest BCUT2D eigenvalue weighted by Crippen LogP contribution is -2.12. The maximum atomic E-state index is 12.1. The molecular weight excluding hydrogens is 377 g/mol. The van der Waals surface area contributed by atoms with Crippen molar-refractivity contribution in [1.29, 1.82) is 0 Å². The Bertz CT molecular complexity index is 868. The second-order valence-electron chi connectivity index (χ2n) is 5.19. The molecule has 0 saturated carbocycles. The molecule has 0 fully saturated rings. The molecule has 1 amide bonds. The van der Waals surface area contributed by atoms with Crippen LogP contribution in [0.2, 0.25) is 10.0 Å². The Kier molecular flexibility index (Phi) is 6.02. The molecule has 7 heteroatoms. The Morgan fingerprint density at radius 1 is 1.16 bits per heavy atom. The molecule has 4 nitrogen and oxygen atoms in total. The monoisotopic (exact) mass is 391 g/mol. The predicted molar refractivity (Wildman–Crippen MR) is 104 cm³/mol. The highest BCUT2D eigenvalue weighted by Gasteiger charge is 2.09. The van der Waals surface area contributed by atoms with Crippen LogP contribution in [0, 0.1) is 0 Å². The number of carbonyl (C=O) groups excluding carboxylic acids is 1. The number of anilines is 1. The first-order valence-electron chi connectivity index (χ1n) is 7.60. The summed E-state index contributed by atoms with van der Waals surface area (Å²) in [5.41, 5.74) is 1.56. The molecule has 0 saturated heterocycles. The zero-order valence-corrected chi connectivity index (χ0v) is 15.5. The summed E-state index contributed by atoms with van der Waals surface area (Å²) in [6.45, 7) is 0. The summed E-state index contributed by atoms with van der Waals surface area (Å²) >= 11 is 13.5. The molecule has 2 aromatic carbocycles. The molecule has 0 aliphatic rings. The molecule has 0 bridgehead atoms. The molecule has 0 atom stereocenters. The minimum atomic E-state index is -0.116. The van der Waals surface area contributed by atoms with Gasteiger partial charge in [-0.1, -0.05) is 53.2 Å². The van der Waals surface area contributed by atoms with E-state index < -0.39 is 0 Å². The minimum Gasteiger partial charge on any atom is -0.325 e. The van der Waals surface area contributed by atoms with Crippen molar-refractivity contribution in [3.63, 3.8) is 0 Å². The molecule has 25 heavy (non-hydrogen) atoms. The third-order valence-corrected chi connectivity index (χ3v) is 4.94. The largest absolute Gasteiger partial charge is 0.325 e. The quantitative estimate of drug-likeness (QED) is 0.579. The summed E-state index contributed by atoms with van der Waals surface area (Å²) in [5, 5.41) is 4.62. The molecule has 128 valence electrons. The number of para-hydroxylation sites is 1. The third-order valence-electron chi connectivity index (χ3n) is 3.40. The van der Waals surface area contributed by atoms with Gasteiger partial charge in [0.2, 0.25) is 5.91 Å². The number of hydrogen-bond donors (Lipinski definition) is 1. The number of aromatic nitrogens is 2. The summed E-state index contributed by atoms with van der Waals surface area (Å²) in [7, 11) is 0. The van der Waals surface area contributed by atoms with Crippen molar-refractivity contribution in [2.45, 2.75) is 11.6 Å². The van der Waals surface area contributed by atoms with Gasteiger partial charge in [0.1, 0.15) is 0 Å². The zero-order chi connectivity index (χ0) is 17.6. The van der Waals surface area contributed by atoms with E-state index in [1.807, 2.05) is 41.1 Å². The van der Waals surface area contributed by atoms with Crippen LogP contribution in [0.15, 0.2) is 66.1 Å². The number of nitrogens with zero attached hydrogens (tertiary/aromatic N) is 2. The van der Waals surface area contributed by atoms with Crippen molar-refractivity contribution in [3.05, 3.63) is 71.0 Å². The molecule has 0 spiro atoms. The first-order chi connectivity index (χ1) is 12.1. The smallest absolute Gasteiger partial charge is 0.225 e. The number of amides is 1. The van der Waals surface area contributed by atoms with Crippen molar-refractivity contribution >= 4 is 46.6 Å². The van der Waals surface area contributed by atoms with Crippen molar-refractivity contribution < 1.29 is 4.79 Å². The van der Waals surface area contributed by atoms with Gasteiger partial charge in [-0.15, -0.1) is 0 Å². The molecule has 0 unspecified atom stereocenters. The summed E-state index contributed by atoms with van der Waals surface area (Å²) in [6, 6.07) is 14.9. The van der Waals surface area contributed by atoms with Crippen molar-refractivity contribution in [1.82, 2.24) is 9.55 Å². The fraction of sp³-hybridized carbons (Fsp3) is 0.111. The molecule has 3 aromatic rings. The fourth-order valence-electron chi connectivity index (χ4n) is 2.22. The lowest BCUT2D eigenvalue weighted by molar-refractivity contribution is -0.115. The molecule has 0 radical (unpaired) electrons. The highest BCUT2D eigenvalue weighted by molar-refractivity contribution is 7.99.